The van der Waals surface area contributed by atoms with Gasteiger partial charge in [0.2, 0.25) is 0 Å². The predicted octanol–water partition coefficient (Wildman–Crippen LogP) is 2.68. The second-order valence-electron chi connectivity index (χ2n) is 5.62. The first-order valence-corrected chi connectivity index (χ1v) is 7.70. The van der Waals surface area contributed by atoms with Crippen LogP contribution in [0.1, 0.15) is 12.0 Å². The molecule has 0 saturated carbocycles. The van der Waals surface area contributed by atoms with Gasteiger partial charge in [0, 0.05) is 37.1 Å². The van der Waals surface area contributed by atoms with Crippen LogP contribution in [-0.2, 0) is 6.42 Å². The number of benzene rings is 2. The molecule has 1 aliphatic heterocycles. The average molecular weight is 281 g/mol. The molecular formula is C18H23N3. The van der Waals surface area contributed by atoms with Crippen LogP contribution < -0.4 is 16.0 Å². The monoisotopic (exact) mass is 281 g/mol. The number of para-hydroxylation sites is 2. The fourth-order valence-electron chi connectivity index (χ4n) is 3.06. The Kier molecular flexibility index (Phi) is 4.41. The van der Waals surface area contributed by atoms with E-state index in [0.29, 0.717) is 6.04 Å². The van der Waals surface area contributed by atoms with Gasteiger partial charge in [-0.15, -0.1) is 0 Å². The Morgan fingerprint density at radius 2 is 1.81 bits per heavy atom. The Labute approximate surface area is 126 Å². The molecule has 1 heterocycles. The van der Waals surface area contributed by atoms with Crippen molar-refractivity contribution < 1.29 is 0 Å². The van der Waals surface area contributed by atoms with Crippen molar-refractivity contribution >= 4 is 11.4 Å². The minimum absolute atomic E-state index is 0.528. The zero-order chi connectivity index (χ0) is 14.5. The summed E-state index contributed by atoms with van der Waals surface area (Å²) in [6.45, 7) is 3.17. The van der Waals surface area contributed by atoms with Crippen LogP contribution in [0.15, 0.2) is 54.6 Å². The summed E-state index contributed by atoms with van der Waals surface area (Å²) in [5, 5.41) is 3.51. The molecule has 0 aromatic heterocycles. The quantitative estimate of drug-likeness (QED) is 0.847. The number of piperazine rings is 1. The summed E-state index contributed by atoms with van der Waals surface area (Å²) < 4.78 is 0. The molecule has 1 unspecified atom stereocenters. The molecule has 1 aliphatic rings. The first-order valence-electron chi connectivity index (χ1n) is 7.70. The number of anilines is 2. The summed E-state index contributed by atoms with van der Waals surface area (Å²) in [6.07, 6.45) is 2.15. The molecule has 2 aromatic carbocycles. The van der Waals surface area contributed by atoms with Gasteiger partial charge in [-0.1, -0.05) is 36.4 Å². The van der Waals surface area contributed by atoms with Gasteiger partial charge in [0.1, 0.15) is 0 Å². The molecule has 0 radical (unpaired) electrons. The largest absolute Gasteiger partial charge is 0.399 e. The smallest absolute Gasteiger partial charge is 0.0418 e. The number of nitrogen functional groups attached to an aromatic ring is 1. The Hall–Kier alpha value is -2.00. The van der Waals surface area contributed by atoms with E-state index in [0.717, 1.165) is 38.2 Å². The zero-order valence-corrected chi connectivity index (χ0v) is 12.3. The number of hydrogen-bond acceptors (Lipinski definition) is 3. The molecule has 0 spiro atoms. The molecule has 110 valence electrons. The lowest BCUT2D eigenvalue weighted by Gasteiger charge is -2.38. The predicted molar refractivity (Wildman–Crippen MR) is 89.6 cm³/mol. The summed E-state index contributed by atoms with van der Waals surface area (Å²) in [6, 6.07) is 19.4. The normalized spacial score (nSPS) is 18.7. The van der Waals surface area contributed by atoms with Gasteiger partial charge in [0.25, 0.3) is 0 Å². The van der Waals surface area contributed by atoms with Gasteiger partial charge < -0.3 is 16.0 Å². The van der Waals surface area contributed by atoms with Crippen LogP contribution in [0, 0.1) is 0 Å². The number of nitrogens with one attached hydrogen (secondary N) is 1. The first kappa shape index (κ1) is 14.0. The standard InChI is InChI=1S/C18H23N3/c19-18-9-5-4-6-15(18)10-11-17-14-20-12-13-21(17)16-7-2-1-3-8-16/h1-9,17,20H,10-14,19H2. The second kappa shape index (κ2) is 6.64. The van der Waals surface area contributed by atoms with Crippen LogP contribution in [0.5, 0.6) is 0 Å². The van der Waals surface area contributed by atoms with E-state index in [-0.39, 0.29) is 0 Å². The van der Waals surface area contributed by atoms with E-state index in [4.69, 9.17) is 5.73 Å². The molecule has 0 bridgehead atoms. The molecule has 0 amide bonds. The van der Waals surface area contributed by atoms with Gasteiger partial charge in [0.05, 0.1) is 0 Å². The maximum atomic E-state index is 6.05. The highest BCUT2D eigenvalue weighted by Crippen LogP contribution is 2.22. The first-order chi connectivity index (χ1) is 10.3. The van der Waals surface area contributed by atoms with Crippen molar-refractivity contribution in [3.63, 3.8) is 0 Å². The van der Waals surface area contributed by atoms with Crippen LogP contribution in [0.25, 0.3) is 0 Å². The fourth-order valence-corrected chi connectivity index (χ4v) is 3.06. The van der Waals surface area contributed by atoms with Crippen molar-refractivity contribution in [2.75, 3.05) is 30.3 Å². The van der Waals surface area contributed by atoms with E-state index in [1.807, 2.05) is 12.1 Å². The average Bonchev–Trinajstić information content (AvgIpc) is 2.55. The molecule has 3 rings (SSSR count). The van der Waals surface area contributed by atoms with Crippen molar-refractivity contribution in [2.45, 2.75) is 18.9 Å². The van der Waals surface area contributed by atoms with Crippen molar-refractivity contribution in [3.05, 3.63) is 60.2 Å². The van der Waals surface area contributed by atoms with E-state index >= 15 is 0 Å². The Morgan fingerprint density at radius 3 is 2.62 bits per heavy atom. The third-order valence-electron chi connectivity index (χ3n) is 4.24. The third-order valence-corrected chi connectivity index (χ3v) is 4.24. The lowest BCUT2D eigenvalue weighted by molar-refractivity contribution is 0.454. The maximum Gasteiger partial charge on any atom is 0.0418 e. The van der Waals surface area contributed by atoms with Gasteiger partial charge in [-0.2, -0.15) is 0 Å². The number of nitrogens with zero attached hydrogens (tertiary/aromatic N) is 1. The third kappa shape index (κ3) is 3.37. The number of rotatable bonds is 4. The highest BCUT2D eigenvalue weighted by atomic mass is 15.2. The van der Waals surface area contributed by atoms with Gasteiger partial charge >= 0.3 is 0 Å². The van der Waals surface area contributed by atoms with Crippen molar-refractivity contribution in [1.82, 2.24) is 5.32 Å². The topological polar surface area (TPSA) is 41.3 Å². The maximum absolute atomic E-state index is 6.05. The molecule has 1 saturated heterocycles. The van der Waals surface area contributed by atoms with Gasteiger partial charge in [-0.3, -0.25) is 0 Å². The van der Waals surface area contributed by atoms with Gasteiger partial charge in [0.15, 0.2) is 0 Å². The van der Waals surface area contributed by atoms with Crippen LogP contribution in [0.2, 0.25) is 0 Å². The van der Waals surface area contributed by atoms with Gasteiger partial charge in [-0.05, 0) is 36.6 Å². The van der Waals surface area contributed by atoms with Crippen LogP contribution in [0.4, 0.5) is 11.4 Å². The summed E-state index contributed by atoms with van der Waals surface area (Å²) in [7, 11) is 0. The lowest BCUT2D eigenvalue weighted by atomic mass is 10.0. The van der Waals surface area contributed by atoms with Crippen LogP contribution >= 0.6 is 0 Å². The van der Waals surface area contributed by atoms with E-state index in [9.17, 15) is 0 Å². The molecule has 0 aliphatic carbocycles. The highest BCUT2D eigenvalue weighted by Gasteiger charge is 2.22. The number of nitrogens with two attached hydrogens (primary N) is 1. The van der Waals surface area contributed by atoms with Crippen molar-refractivity contribution in [3.8, 4) is 0 Å². The summed E-state index contributed by atoms with van der Waals surface area (Å²) in [5.74, 6) is 0. The lowest BCUT2D eigenvalue weighted by Crippen LogP contribution is -2.51. The Morgan fingerprint density at radius 1 is 1.05 bits per heavy atom. The number of aryl methyl sites for hydroxylation is 1. The molecule has 1 atom stereocenters. The Bertz CT molecular complexity index is 568. The fraction of sp³-hybridized carbons (Fsp3) is 0.333. The van der Waals surface area contributed by atoms with Crippen molar-refractivity contribution in [2.24, 2.45) is 0 Å². The minimum Gasteiger partial charge on any atom is -0.399 e. The van der Waals surface area contributed by atoms with E-state index in [2.05, 4.69) is 52.7 Å². The summed E-state index contributed by atoms with van der Waals surface area (Å²) in [4.78, 5) is 2.52. The van der Waals surface area contributed by atoms with Gasteiger partial charge in [-0.25, -0.2) is 0 Å². The van der Waals surface area contributed by atoms with E-state index < -0.39 is 0 Å². The molecule has 2 aromatic rings. The Balaban J connectivity index is 1.69. The molecule has 3 nitrogen and oxygen atoms in total. The number of hydrogen-bond donors (Lipinski definition) is 2. The minimum atomic E-state index is 0.528. The molecule has 1 fully saturated rings. The summed E-state index contributed by atoms with van der Waals surface area (Å²) in [5.41, 5.74) is 9.55. The molecule has 21 heavy (non-hydrogen) atoms. The van der Waals surface area contributed by atoms with Crippen LogP contribution in [0.3, 0.4) is 0 Å². The molecule has 3 N–H and O–H groups in total. The molecular weight excluding hydrogens is 258 g/mol. The summed E-state index contributed by atoms with van der Waals surface area (Å²) >= 11 is 0. The van der Waals surface area contributed by atoms with E-state index in [1.165, 1.54) is 11.3 Å². The molecule has 3 heteroatoms. The van der Waals surface area contributed by atoms with Crippen molar-refractivity contribution in [1.29, 1.82) is 0 Å². The highest BCUT2D eigenvalue weighted by molar-refractivity contribution is 5.49. The van der Waals surface area contributed by atoms with E-state index in [1.54, 1.807) is 0 Å². The zero-order valence-electron chi connectivity index (χ0n) is 12.3. The second-order valence-corrected chi connectivity index (χ2v) is 5.62. The van der Waals surface area contributed by atoms with Crippen LogP contribution in [-0.4, -0.2) is 25.7 Å². The SMILES string of the molecule is Nc1ccccc1CCC1CNCCN1c1ccccc1.